The number of aryl methyl sites for hydroxylation is 1. The van der Waals surface area contributed by atoms with Crippen LogP contribution < -0.4 is 10.6 Å². The molecule has 0 bridgehead atoms. The van der Waals surface area contributed by atoms with Crippen LogP contribution in [-0.4, -0.2) is 27.1 Å². The van der Waals surface area contributed by atoms with Crippen LogP contribution in [0.15, 0.2) is 36.4 Å². The molecule has 0 aliphatic heterocycles. The quantitative estimate of drug-likeness (QED) is 0.504. The number of carboxylic acid groups (broad SMARTS) is 1. The van der Waals surface area contributed by atoms with Gasteiger partial charge >= 0.3 is 5.97 Å². The third kappa shape index (κ3) is 4.29. The fourth-order valence-corrected chi connectivity index (χ4v) is 3.88. The maximum atomic E-state index is 11.6. The van der Waals surface area contributed by atoms with Crippen LogP contribution >= 0.6 is 0 Å². The summed E-state index contributed by atoms with van der Waals surface area (Å²) in [5.41, 5.74) is 4.28. The number of nitriles is 1. The summed E-state index contributed by atoms with van der Waals surface area (Å²) in [6.45, 7) is 6.04. The molecule has 2 aromatic carbocycles. The Bertz CT molecular complexity index is 1200. The van der Waals surface area contributed by atoms with Gasteiger partial charge in [-0.05, 0) is 63.3 Å². The van der Waals surface area contributed by atoms with E-state index in [1.54, 1.807) is 24.3 Å². The normalized spacial score (nSPS) is 15.2. The molecule has 1 heterocycles. The van der Waals surface area contributed by atoms with E-state index in [2.05, 4.69) is 28.6 Å². The van der Waals surface area contributed by atoms with Crippen molar-refractivity contribution in [1.29, 1.82) is 5.26 Å². The van der Waals surface area contributed by atoms with Crippen molar-refractivity contribution in [1.82, 2.24) is 9.97 Å². The smallest absolute Gasteiger partial charge is 0.337 e. The van der Waals surface area contributed by atoms with E-state index < -0.39 is 5.97 Å². The summed E-state index contributed by atoms with van der Waals surface area (Å²) in [4.78, 5) is 21.0. The Labute approximate surface area is 181 Å². The Morgan fingerprint density at radius 3 is 2.61 bits per heavy atom. The summed E-state index contributed by atoms with van der Waals surface area (Å²) in [6, 6.07) is 12.9. The van der Waals surface area contributed by atoms with Crippen molar-refractivity contribution in [2.45, 2.75) is 45.7 Å². The minimum Gasteiger partial charge on any atom is -0.478 e. The second-order valence-electron chi connectivity index (χ2n) is 8.24. The Hall–Kier alpha value is -3.66. The number of hydrogen-bond donors (Lipinski definition) is 3. The van der Waals surface area contributed by atoms with E-state index in [9.17, 15) is 15.2 Å². The van der Waals surface area contributed by atoms with Gasteiger partial charge in [-0.1, -0.05) is 18.2 Å². The van der Waals surface area contributed by atoms with Gasteiger partial charge in [-0.2, -0.15) is 5.26 Å². The van der Waals surface area contributed by atoms with E-state index >= 15 is 0 Å². The van der Waals surface area contributed by atoms with Crippen LogP contribution in [0.1, 0.15) is 59.9 Å². The fourth-order valence-electron chi connectivity index (χ4n) is 3.88. The average molecular weight is 415 g/mol. The van der Waals surface area contributed by atoms with Crippen molar-refractivity contribution in [2.24, 2.45) is 5.92 Å². The second kappa shape index (κ2) is 8.23. The lowest BCUT2D eigenvalue weighted by Gasteiger charge is -2.20. The Balaban J connectivity index is 1.76. The first-order valence-corrected chi connectivity index (χ1v) is 10.4. The van der Waals surface area contributed by atoms with E-state index in [1.807, 2.05) is 26.0 Å². The molecule has 31 heavy (non-hydrogen) atoms. The zero-order chi connectivity index (χ0) is 22.1. The SMILES string of the molecule is Cc1cc([C@@H](C)Nc2ccccc2C(=O)O)c2nc(NC(C)C3CC3)c(C#N)nc2c1. The zero-order valence-electron chi connectivity index (χ0n) is 17.8. The Morgan fingerprint density at radius 1 is 1.19 bits per heavy atom. The molecule has 0 spiro atoms. The number of rotatable bonds is 7. The summed E-state index contributed by atoms with van der Waals surface area (Å²) in [7, 11) is 0. The zero-order valence-corrected chi connectivity index (χ0v) is 17.8. The van der Waals surface area contributed by atoms with Crippen LogP contribution in [-0.2, 0) is 0 Å². The summed E-state index contributed by atoms with van der Waals surface area (Å²) < 4.78 is 0. The lowest BCUT2D eigenvalue weighted by Crippen LogP contribution is -2.20. The molecule has 7 heteroatoms. The highest BCUT2D eigenvalue weighted by molar-refractivity contribution is 5.94. The van der Waals surface area contributed by atoms with Gasteiger partial charge in [0, 0.05) is 17.3 Å². The van der Waals surface area contributed by atoms with Gasteiger partial charge in [0.15, 0.2) is 11.5 Å². The monoisotopic (exact) mass is 415 g/mol. The van der Waals surface area contributed by atoms with E-state index in [-0.39, 0.29) is 23.3 Å². The van der Waals surface area contributed by atoms with Gasteiger partial charge < -0.3 is 15.7 Å². The molecule has 0 radical (unpaired) electrons. The Kier molecular flexibility index (Phi) is 5.47. The van der Waals surface area contributed by atoms with Gasteiger partial charge in [0.2, 0.25) is 0 Å². The van der Waals surface area contributed by atoms with E-state index in [4.69, 9.17) is 4.98 Å². The number of anilines is 2. The van der Waals surface area contributed by atoms with Crippen LogP contribution in [0.25, 0.3) is 11.0 Å². The van der Waals surface area contributed by atoms with Crippen molar-refractivity contribution in [3.63, 3.8) is 0 Å². The van der Waals surface area contributed by atoms with Crippen molar-refractivity contribution in [3.05, 3.63) is 58.8 Å². The number of fused-ring (bicyclic) bond motifs is 1. The van der Waals surface area contributed by atoms with E-state index in [0.29, 0.717) is 28.5 Å². The molecule has 1 saturated carbocycles. The molecule has 158 valence electrons. The van der Waals surface area contributed by atoms with Crippen molar-refractivity contribution in [3.8, 4) is 6.07 Å². The summed E-state index contributed by atoms with van der Waals surface area (Å²) in [5.74, 6) is 0.121. The average Bonchev–Trinajstić information content (AvgIpc) is 3.58. The first-order chi connectivity index (χ1) is 14.9. The molecule has 1 fully saturated rings. The Morgan fingerprint density at radius 2 is 1.94 bits per heavy atom. The third-order valence-electron chi connectivity index (χ3n) is 5.74. The maximum absolute atomic E-state index is 11.6. The second-order valence-corrected chi connectivity index (χ2v) is 8.24. The van der Waals surface area contributed by atoms with Crippen molar-refractivity contribution >= 4 is 28.5 Å². The van der Waals surface area contributed by atoms with Crippen LogP contribution in [0, 0.1) is 24.2 Å². The molecule has 1 aliphatic carbocycles. The minimum absolute atomic E-state index is 0.213. The van der Waals surface area contributed by atoms with Crippen LogP contribution in [0.5, 0.6) is 0 Å². The molecule has 1 unspecified atom stereocenters. The molecule has 3 N–H and O–H groups in total. The van der Waals surface area contributed by atoms with Gasteiger partial charge in [0.05, 0.1) is 22.6 Å². The lowest BCUT2D eigenvalue weighted by atomic mass is 10.0. The first-order valence-electron chi connectivity index (χ1n) is 10.4. The topological polar surface area (TPSA) is 111 Å². The minimum atomic E-state index is -0.983. The molecule has 0 amide bonds. The maximum Gasteiger partial charge on any atom is 0.337 e. The lowest BCUT2D eigenvalue weighted by molar-refractivity contribution is 0.0698. The van der Waals surface area contributed by atoms with Crippen molar-refractivity contribution in [2.75, 3.05) is 10.6 Å². The highest BCUT2D eigenvalue weighted by Crippen LogP contribution is 2.35. The summed E-state index contributed by atoms with van der Waals surface area (Å²) >= 11 is 0. The van der Waals surface area contributed by atoms with Crippen LogP contribution in [0.3, 0.4) is 0 Å². The molecular formula is C24H25N5O2. The number of carbonyl (C=O) groups is 1. The highest BCUT2D eigenvalue weighted by atomic mass is 16.4. The number of benzene rings is 2. The number of nitrogens with one attached hydrogen (secondary N) is 2. The third-order valence-corrected chi connectivity index (χ3v) is 5.74. The number of carboxylic acids is 1. The van der Waals surface area contributed by atoms with Gasteiger partial charge in [0.25, 0.3) is 0 Å². The van der Waals surface area contributed by atoms with Crippen LogP contribution in [0.2, 0.25) is 0 Å². The van der Waals surface area contributed by atoms with E-state index in [1.165, 1.54) is 12.8 Å². The van der Waals surface area contributed by atoms with Gasteiger partial charge in [-0.3, -0.25) is 0 Å². The number of hydrogen-bond acceptors (Lipinski definition) is 6. The van der Waals surface area contributed by atoms with Gasteiger partial charge in [-0.15, -0.1) is 0 Å². The molecule has 3 aromatic rings. The molecule has 2 atom stereocenters. The predicted octanol–water partition coefficient (Wildman–Crippen LogP) is 4.89. The summed E-state index contributed by atoms with van der Waals surface area (Å²) in [5, 5.41) is 25.8. The van der Waals surface area contributed by atoms with Gasteiger partial charge in [-0.25, -0.2) is 14.8 Å². The summed E-state index contributed by atoms with van der Waals surface area (Å²) in [6.07, 6.45) is 2.37. The molecular weight excluding hydrogens is 390 g/mol. The van der Waals surface area contributed by atoms with E-state index in [0.717, 1.165) is 11.1 Å². The molecule has 4 rings (SSSR count). The number of aromatic nitrogens is 2. The number of nitrogens with zero attached hydrogens (tertiary/aromatic N) is 3. The molecule has 7 nitrogen and oxygen atoms in total. The number of para-hydroxylation sites is 1. The fraction of sp³-hybridized carbons (Fsp3) is 0.333. The first kappa shape index (κ1) is 20.6. The number of aromatic carboxylic acids is 1. The molecule has 1 aliphatic rings. The predicted molar refractivity (Wildman–Crippen MR) is 120 cm³/mol. The highest BCUT2D eigenvalue weighted by Gasteiger charge is 2.29. The largest absolute Gasteiger partial charge is 0.478 e. The standard InChI is InChI=1S/C24H25N5O2/c1-13-10-18(15(3)26-19-7-5-4-6-17(19)24(30)31)22-20(11-13)28-21(12-25)23(29-22)27-14(2)16-8-9-16/h4-7,10-11,14-16,26H,8-9H2,1-3H3,(H,27,29)(H,30,31)/t14?,15-/m1/s1. The van der Waals surface area contributed by atoms with Gasteiger partial charge in [0.1, 0.15) is 6.07 Å². The van der Waals surface area contributed by atoms with Crippen LogP contribution in [0.4, 0.5) is 11.5 Å². The van der Waals surface area contributed by atoms with Crippen molar-refractivity contribution < 1.29 is 9.90 Å². The molecule has 1 aromatic heterocycles. The molecule has 0 saturated heterocycles.